The molecule has 1 aliphatic rings. The highest BCUT2D eigenvalue weighted by atomic mass is 16.5. The number of amides is 1. The number of ether oxygens (including phenoxy) is 2. The number of methoxy groups -OCH3 is 2. The SMILES string of the molecule is CCC[C@]1(C(=O)O)CCCN(C(=O)c2cccc(OC)c2OC)C1. The van der Waals surface area contributed by atoms with E-state index in [0.717, 1.165) is 6.42 Å². The number of carbonyl (C=O) groups excluding carboxylic acids is 1. The van der Waals surface area contributed by atoms with E-state index in [0.29, 0.717) is 42.9 Å². The maximum absolute atomic E-state index is 13.0. The highest BCUT2D eigenvalue weighted by molar-refractivity contribution is 5.98. The van der Waals surface area contributed by atoms with Gasteiger partial charge in [-0.05, 0) is 31.4 Å². The van der Waals surface area contributed by atoms with Crippen LogP contribution in [-0.2, 0) is 4.79 Å². The normalized spacial score (nSPS) is 20.5. The third-order valence-electron chi connectivity index (χ3n) is 4.68. The van der Waals surface area contributed by atoms with Crippen LogP contribution in [0, 0.1) is 5.41 Å². The van der Waals surface area contributed by atoms with Crippen LogP contribution in [0.5, 0.6) is 11.5 Å². The van der Waals surface area contributed by atoms with E-state index in [-0.39, 0.29) is 12.5 Å². The number of piperidine rings is 1. The van der Waals surface area contributed by atoms with E-state index in [9.17, 15) is 14.7 Å². The molecule has 1 N–H and O–H groups in total. The molecule has 0 aliphatic carbocycles. The van der Waals surface area contributed by atoms with Gasteiger partial charge in [0.05, 0.1) is 25.2 Å². The van der Waals surface area contributed by atoms with Crippen LogP contribution < -0.4 is 9.47 Å². The van der Waals surface area contributed by atoms with Crippen molar-refractivity contribution in [3.05, 3.63) is 23.8 Å². The maximum Gasteiger partial charge on any atom is 0.311 e. The molecule has 1 atom stereocenters. The summed E-state index contributed by atoms with van der Waals surface area (Å²) in [6.07, 6.45) is 2.64. The predicted molar refractivity (Wildman–Crippen MR) is 89.7 cm³/mol. The fourth-order valence-corrected chi connectivity index (χ4v) is 3.50. The van der Waals surface area contributed by atoms with Gasteiger partial charge in [0.15, 0.2) is 11.5 Å². The highest BCUT2D eigenvalue weighted by Crippen LogP contribution is 2.37. The van der Waals surface area contributed by atoms with Crippen LogP contribution in [-0.4, -0.2) is 49.2 Å². The van der Waals surface area contributed by atoms with Gasteiger partial charge in [0, 0.05) is 13.1 Å². The minimum Gasteiger partial charge on any atom is -0.493 e. The Morgan fingerprint density at radius 2 is 2.04 bits per heavy atom. The van der Waals surface area contributed by atoms with Crippen LogP contribution in [0.2, 0.25) is 0 Å². The molecule has 1 aromatic carbocycles. The zero-order valence-electron chi connectivity index (χ0n) is 14.5. The molecule has 132 valence electrons. The van der Waals surface area contributed by atoms with E-state index in [1.807, 2.05) is 6.92 Å². The molecule has 0 saturated carbocycles. The average molecular weight is 335 g/mol. The van der Waals surface area contributed by atoms with Gasteiger partial charge in [-0.2, -0.15) is 0 Å². The number of hydrogen-bond acceptors (Lipinski definition) is 4. The van der Waals surface area contributed by atoms with E-state index in [4.69, 9.17) is 9.47 Å². The van der Waals surface area contributed by atoms with Gasteiger partial charge in [-0.25, -0.2) is 0 Å². The molecule has 1 saturated heterocycles. The fraction of sp³-hybridized carbons (Fsp3) is 0.556. The van der Waals surface area contributed by atoms with Crippen molar-refractivity contribution in [1.29, 1.82) is 0 Å². The Morgan fingerprint density at radius 3 is 2.62 bits per heavy atom. The van der Waals surface area contributed by atoms with Crippen LogP contribution >= 0.6 is 0 Å². The van der Waals surface area contributed by atoms with Crippen LogP contribution in [0.15, 0.2) is 18.2 Å². The zero-order chi connectivity index (χ0) is 17.7. The van der Waals surface area contributed by atoms with Crippen molar-refractivity contribution in [2.75, 3.05) is 27.3 Å². The topological polar surface area (TPSA) is 76.1 Å². The molecule has 24 heavy (non-hydrogen) atoms. The lowest BCUT2D eigenvalue weighted by Crippen LogP contribution is -2.50. The number of likely N-dealkylation sites (tertiary alicyclic amines) is 1. The van der Waals surface area contributed by atoms with Crippen LogP contribution in [0.4, 0.5) is 0 Å². The molecular weight excluding hydrogens is 310 g/mol. The molecule has 0 spiro atoms. The third kappa shape index (κ3) is 3.32. The molecule has 0 aromatic heterocycles. The quantitative estimate of drug-likeness (QED) is 0.865. The van der Waals surface area contributed by atoms with Crippen molar-refractivity contribution in [3.8, 4) is 11.5 Å². The summed E-state index contributed by atoms with van der Waals surface area (Å²) in [5, 5.41) is 9.69. The number of carboxylic acids is 1. The first kappa shape index (κ1) is 18.1. The minimum absolute atomic E-state index is 0.216. The van der Waals surface area contributed by atoms with Gasteiger partial charge in [0.25, 0.3) is 5.91 Å². The van der Waals surface area contributed by atoms with Gasteiger partial charge in [-0.15, -0.1) is 0 Å². The van der Waals surface area contributed by atoms with Crippen molar-refractivity contribution in [1.82, 2.24) is 4.90 Å². The molecule has 1 aliphatic heterocycles. The summed E-state index contributed by atoms with van der Waals surface area (Å²) < 4.78 is 10.6. The van der Waals surface area contributed by atoms with Gasteiger partial charge in [-0.1, -0.05) is 19.4 Å². The second-order valence-corrected chi connectivity index (χ2v) is 6.21. The van der Waals surface area contributed by atoms with Gasteiger partial charge < -0.3 is 19.5 Å². The van der Waals surface area contributed by atoms with E-state index in [1.165, 1.54) is 14.2 Å². The summed E-state index contributed by atoms with van der Waals surface area (Å²) >= 11 is 0. The van der Waals surface area contributed by atoms with Crippen LogP contribution in [0.1, 0.15) is 43.0 Å². The number of carbonyl (C=O) groups is 2. The van der Waals surface area contributed by atoms with Crippen molar-refractivity contribution in [2.45, 2.75) is 32.6 Å². The Labute approximate surface area is 142 Å². The van der Waals surface area contributed by atoms with Crippen molar-refractivity contribution in [3.63, 3.8) is 0 Å². The molecule has 1 fully saturated rings. The lowest BCUT2D eigenvalue weighted by Gasteiger charge is -2.40. The van der Waals surface area contributed by atoms with Crippen molar-refractivity contribution >= 4 is 11.9 Å². The summed E-state index contributed by atoms with van der Waals surface area (Å²) in [7, 11) is 3.01. The number of para-hydroxylation sites is 1. The summed E-state index contributed by atoms with van der Waals surface area (Å²) in [5.41, 5.74) is -0.455. The van der Waals surface area contributed by atoms with Gasteiger partial charge >= 0.3 is 5.97 Å². The standard InChI is InChI=1S/C18H25NO5/c1-4-9-18(17(21)22)10-6-11-19(12-18)16(20)13-7-5-8-14(23-2)15(13)24-3/h5,7-8H,4,6,9-12H2,1-3H3,(H,21,22)/t18-/m0/s1. The third-order valence-corrected chi connectivity index (χ3v) is 4.68. The van der Waals surface area contributed by atoms with E-state index in [1.54, 1.807) is 23.1 Å². The zero-order valence-corrected chi connectivity index (χ0v) is 14.5. The summed E-state index contributed by atoms with van der Waals surface area (Å²) in [6.45, 7) is 2.75. The smallest absolute Gasteiger partial charge is 0.311 e. The molecular formula is C18H25NO5. The Kier molecular flexibility index (Phi) is 5.70. The lowest BCUT2D eigenvalue weighted by atomic mass is 9.76. The van der Waals surface area contributed by atoms with E-state index in [2.05, 4.69) is 0 Å². The second-order valence-electron chi connectivity index (χ2n) is 6.21. The Balaban J connectivity index is 2.31. The predicted octanol–water partition coefficient (Wildman–Crippen LogP) is 2.81. The first-order valence-electron chi connectivity index (χ1n) is 8.22. The monoisotopic (exact) mass is 335 g/mol. The second kappa shape index (κ2) is 7.55. The first-order valence-corrected chi connectivity index (χ1v) is 8.22. The summed E-state index contributed by atoms with van der Waals surface area (Å²) in [6, 6.07) is 5.14. The summed E-state index contributed by atoms with van der Waals surface area (Å²) in [5.74, 6) is -0.169. The Morgan fingerprint density at radius 1 is 1.29 bits per heavy atom. The number of benzene rings is 1. The van der Waals surface area contributed by atoms with Crippen LogP contribution in [0.25, 0.3) is 0 Å². The van der Waals surface area contributed by atoms with E-state index >= 15 is 0 Å². The molecule has 0 bridgehead atoms. The minimum atomic E-state index is -0.852. The number of rotatable bonds is 6. The van der Waals surface area contributed by atoms with Crippen LogP contribution in [0.3, 0.4) is 0 Å². The number of nitrogens with zero attached hydrogens (tertiary/aromatic N) is 1. The Bertz CT molecular complexity index is 611. The molecule has 1 amide bonds. The number of carboxylic acid groups (broad SMARTS) is 1. The highest BCUT2D eigenvalue weighted by Gasteiger charge is 2.43. The molecule has 6 heteroatoms. The lowest BCUT2D eigenvalue weighted by molar-refractivity contribution is -0.152. The van der Waals surface area contributed by atoms with Crippen molar-refractivity contribution < 1.29 is 24.2 Å². The largest absolute Gasteiger partial charge is 0.493 e. The fourth-order valence-electron chi connectivity index (χ4n) is 3.50. The first-order chi connectivity index (χ1) is 11.5. The van der Waals surface area contributed by atoms with Gasteiger partial charge in [0.1, 0.15) is 0 Å². The molecule has 0 radical (unpaired) electrons. The number of hydrogen-bond donors (Lipinski definition) is 1. The Hall–Kier alpha value is -2.24. The number of aliphatic carboxylic acids is 1. The maximum atomic E-state index is 13.0. The van der Waals surface area contributed by atoms with Gasteiger partial charge in [-0.3, -0.25) is 9.59 Å². The molecule has 2 rings (SSSR count). The van der Waals surface area contributed by atoms with Crippen molar-refractivity contribution in [2.24, 2.45) is 5.41 Å². The molecule has 6 nitrogen and oxygen atoms in total. The van der Waals surface area contributed by atoms with E-state index < -0.39 is 11.4 Å². The van der Waals surface area contributed by atoms with Gasteiger partial charge in [0.2, 0.25) is 0 Å². The average Bonchev–Trinajstić information content (AvgIpc) is 2.60. The molecule has 0 unspecified atom stereocenters. The molecule has 1 heterocycles. The summed E-state index contributed by atoms with van der Waals surface area (Å²) in [4.78, 5) is 26.4. The molecule has 1 aromatic rings.